The van der Waals surface area contributed by atoms with E-state index in [1.807, 2.05) is 0 Å². The van der Waals surface area contributed by atoms with E-state index in [9.17, 15) is 22.8 Å². The lowest BCUT2D eigenvalue weighted by atomic mass is 10.5. The number of rotatable bonds is 4. The Morgan fingerprint density at radius 1 is 1.20 bits per heavy atom. The number of carbonyl (C=O) groups excluding carboxylic acids is 2. The molecule has 0 aliphatic carbocycles. The standard InChI is InChI=1S/C6H11F3N4O2/c7-6(8,9)5(15)13-12-4(14)3-11-2-1-10/h11H,1-3,10H2,(H,12,14)(H,13,15). The molecule has 0 aromatic rings. The highest BCUT2D eigenvalue weighted by Crippen LogP contribution is 2.13. The number of alkyl halides is 3. The molecular weight excluding hydrogens is 217 g/mol. The number of hydrogen-bond acceptors (Lipinski definition) is 4. The zero-order valence-electron chi connectivity index (χ0n) is 7.65. The van der Waals surface area contributed by atoms with Crippen LogP contribution in [-0.4, -0.2) is 37.6 Å². The maximum absolute atomic E-state index is 11.6. The van der Waals surface area contributed by atoms with Crippen molar-refractivity contribution in [1.82, 2.24) is 16.2 Å². The predicted octanol–water partition coefficient (Wildman–Crippen LogP) is -1.76. The van der Waals surface area contributed by atoms with Crippen LogP contribution in [-0.2, 0) is 9.59 Å². The fourth-order valence-electron chi connectivity index (χ4n) is 0.546. The first-order valence-corrected chi connectivity index (χ1v) is 3.94. The normalized spacial score (nSPS) is 10.9. The van der Waals surface area contributed by atoms with Crippen molar-refractivity contribution < 1.29 is 22.8 Å². The molecule has 0 bridgehead atoms. The van der Waals surface area contributed by atoms with Crippen molar-refractivity contribution in [2.24, 2.45) is 5.73 Å². The predicted molar refractivity (Wildman–Crippen MR) is 44.3 cm³/mol. The molecule has 0 spiro atoms. The Morgan fingerprint density at radius 3 is 2.27 bits per heavy atom. The maximum Gasteiger partial charge on any atom is 0.472 e. The molecule has 0 atom stereocenters. The zero-order chi connectivity index (χ0) is 11.9. The van der Waals surface area contributed by atoms with Crippen molar-refractivity contribution >= 4 is 11.8 Å². The highest BCUT2D eigenvalue weighted by molar-refractivity contribution is 5.85. The fraction of sp³-hybridized carbons (Fsp3) is 0.667. The number of carbonyl (C=O) groups is 2. The van der Waals surface area contributed by atoms with Gasteiger partial charge in [0.05, 0.1) is 6.54 Å². The molecule has 0 aliphatic rings. The smallest absolute Gasteiger partial charge is 0.329 e. The molecule has 0 unspecified atom stereocenters. The van der Waals surface area contributed by atoms with Crippen LogP contribution in [0.15, 0.2) is 0 Å². The SMILES string of the molecule is NCCNCC(=O)NNC(=O)C(F)(F)F. The number of nitrogens with one attached hydrogen (secondary N) is 3. The maximum atomic E-state index is 11.6. The van der Waals surface area contributed by atoms with Crippen LogP contribution in [0.25, 0.3) is 0 Å². The molecule has 0 aliphatic heterocycles. The Kier molecular flexibility index (Phi) is 5.64. The molecule has 2 amide bonds. The van der Waals surface area contributed by atoms with Crippen LogP contribution >= 0.6 is 0 Å². The number of halogens is 3. The summed E-state index contributed by atoms with van der Waals surface area (Å²) in [6.07, 6.45) is -5.02. The van der Waals surface area contributed by atoms with Gasteiger partial charge in [0.2, 0.25) is 0 Å². The van der Waals surface area contributed by atoms with Crippen LogP contribution in [0.2, 0.25) is 0 Å². The minimum Gasteiger partial charge on any atom is -0.329 e. The van der Waals surface area contributed by atoms with Crippen LogP contribution in [0.1, 0.15) is 0 Å². The van der Waals surface area contributed by atoms with Crippen molar-refractivity contribution in [1.29, 1.82) is 0 Å². The highest BCUT2D eigenvalue weighted by atomic mass is 19.4. The van der Waals surface area contributed by atoms with Crippen LogP contribution in [0.5, 0.6) is 0 Å². The summed E-state index contributed by atoms with van der Waals surface area (Å²) in [6.45, 7) is 0.415. The molecule has 88 valence electrons. The van der Waals surface area contributed by atoms with Crippen molar-refractivity contribution in [3.05, 3.63) is 0 Å². The molecule has 0 saturated carbocycles. The fourth-order valence-corrected chi connectivity index (χ4v) is 0.546. The molecular formula is C6H11F3N4O2. The van der Waals surface area contributed by atoms with Gasteiger partial charge in [0.1, 0.15) is 0 Å². The lowest BCUT2D eigenvalue weighted by Crippen LogP contribution is -2.50. The van der Waals surface area contributed by atoms with Gasteiger partial charge in [-0.25, -0.2) is 0 Å². The van der Waals surface area contributed by atoms with E-state index in [-0.39, 0.29) is 6.54 Å². The Balaban J connectivity index is 3.67. The average molecular weight is 228 g/mol. The van der Waals surface area contributed by atoms with E-state index < -0.39 is 18.0 Å². The minimum absolute atomic E-state index is 0.227. The van der Waals surface area contributed by atoms with Crippen LogP contribution in [0.3, 0.4) is 0 Å². The molecule has 0 saturated heterocycles. The molecule has 6 nitrogen and oxygen atoms in total. The summed E-state index contributed by atoms with van der Waals surface area (Å²) in [5, 5.41) is 2.53. The summed E-state index contributed by atoms with van der Waals surface area (Å²) in [7, 11) is 0. The summed E-state index contributed by atoms with van der Waals surface area (Å²) < 4.78 is 34.8. The van der Waals surface area contributed by atoms with Crippen LogP contribution in [0, 0.1) is 0 Å². The van der Waals surface area contributed by atoms with Gasteiger partial charge in [-0.3, -0.25) is 20.4 Å². The molecule has 0 aromatic carbocycles. The van der Waals surface area contributed by atoms with E-state index in [0.29, 0.717) is 13.1 Å². The first kappa shape index (κ1) is 13.7. The van der Waals surface area contributed by atoms with Crippen molar-refractivity contribution in [2.45, 2.75) is 6.18 Å². The zero-order valence-corrected chi connectivity index (χ0v) is 7.65. The van der Waals surface area contributed by atoms with E-state index >= 15 is 0 Å². The van der Waals surface area contributed by atoms with E-state index in [0.717, 1.165) is 0 Å². The highest BCUT2D eigenvalue weighted by Gasteiger charge is 2.38. The minimum atomic E-state index is -5.02. The van der Waals surface area contributed by atoms with Crippen LogP contribution in [0.4, 0.5) is 13.2 Å². The quantitative estimate of drug-likeness (QED) is 0.339. The van der Waals surface area contributed by atoms with E-state index in [2.05, 4.69) is 5.32 Å². The molecule has 15 heavy (non-hydrogen) atoms. The Hall–Kier alpha value is -1.35. The van der Waals surface area contributed by atoms with Gasteiger partial charge in [-0.05, 0) is 0 Å². The first-order chi connectivity index (χ1) is 6.88. The summed E-state index contributed by atoms with van der Waals surface area (Å²) >= 11 is 0. The van der Waals surface area contributed by atoms with Gasteiger partial charge in [0.15, 0.2) is 0 Å². The molecule has 0 heterocycles. The third-order valence-corrected chi connectivity index (χ3v) is 1.18. The average Bonchev–Trinajstić information content (AvgIpc) is 2.13. The van der Waals surface area contributed by atoms with Gasteiger partial charge in [-0.2, -0.15) is 13.2 Å². The molecule has 0 radical (unpaired) electrons. The van der Waals surface area contributed by atoms with E-state index in [1.165, 1.54) is 5.43 Å². The topological polar surface area (TPSA) is 96.2 Å². The summed E-state index contributed by atoms with van der Waals surface area (Å²) in [5.41, 5.74) is 7.88. The summed E-state index contributed by atoms with van der Waals surface area (Å²) in [4.78, 5) is 21.0. The van der Waals surface area contributed by atoms with Gasteiger partial charge in [-0.15, -0.1) is 0 Å². The van der Waals surface area contributed by atoms with Crippen molar-refractivity contribution in [2.75, 3.05) is 19.6 Å². The van der Waals surface area contributed by atoms with Gasteiger partial charge in [0.25, 0.3) is 5.91 Å². The molecule has 0 fully saturated rings. The lowest BCUT2D eigenvalue weighted by Gasteiger charge is -2.09. The van der Waals surface area contributed by atoms with E-state index in [1.54, 1.807) is 5.43 Å². The summed E-state index contributed by atoms with van der Waals surface area (Å²) in [5.74, 6) is -3.02. The number of amides is 2. The van der Waals surface area contributed by atoms with Crippen molar-refractivity contribution in [3.8, 4) is 0 Å². The molecule has 5 N–H and O–H groups in total. The summed E-state index contributed by atoms with van der Waals surface area (Å²) in [6, 6.07) is 0. The van der Waals surface area contributed by atoms with Gasteiger partial charge >= 0.3 is 12.1 Å². The number of hydrogen-bond donors (Lipinski definition) is 4. The third-order valence-electron chi connectivity index (χ3n) is 1.18. The number of nitrogens with two attached hydrogens (primary N) is 1. The number of hydrazine groups is 1. The van der Waals surface area contributed by atoms with Crippen molar-refractivity contribution in [3.63, 3.8) is 0 Å². The molecule has 9 heteroatoms. The first-order valence-electron chi connectivity index (χ1n) is 3.94. The second-order valence-electron chi connectivity index (χ2n) is 2.47. The Bertz CT molecular complexity index is 231. The van der Waals surface area contributed by atoms with E-state index in [4.69, 9.17) is 5.73 Å². The largest absolute Gasteiger partial charge is 0.472 e. The van der Waals surface area contributed by atoms with Crippen LogP contribution < -0.4 is 21.9 Å². The second-order valence-corrected chi connectivity index (χ2v) is 2.47. The second kappa shape index (κ2) is 6.19. The molecule has 0 rings (SSSR count). The third kappa shape index (κ3) is 6.69. The monoisotopic (exact) mass is 228 g/mol. The van der Waals surface area contributed by atoms with Gasteiger partial charge in [-0.1, -0.05) is 0 Å². The Labute approximate surface area is 83.3 Å². The Morgan fingerprint density at radius 2 is 1.80 bits per heavy atom. The van der Waals surface area contributed by atoms with Gasteiger partial charge < -0.3 is 11.1 Å². The molecule has 0 aromatic heterocycles. The lowest BCUT2D eigenvalue weighted by molar-refractivity contribution is -0.175. The van der Waals surface area contributed by atoms with Gasteiger partial charge in [0, 0.05) is 13.1 Å².